The first-order valence-electron chi connectivity index (χ1n) is 14.5. The minimum absolute atomic E-state index is 0.0655. The summed E-state index contributed by atoms with van der Waals surface area (Å²) >= 11 is 0. The maximum Gasteiger partial charge on any atom is 0.253 e. The van der Waals surface area contributed by atoms with E-state index in [9.17, 15) is 33.0 Å². The highest BCUT2D eigenvalue weighted by Gasteiger charge is 2.35. The Morgan fingerprint density at radius 1 is 0.818 bits per heavy atom. The highest BCUT2D eigenvalue weighted by molar-refractivity contribution is 7.91. The molecular weight excluding hydrogens is 584 g/mol. The van der Waals surface area contributed by atoms with Crippen LogP contribution < -0.4 is 16.0 Å². The topological polar surface area (TPSA) is 175 Å². The van der Waals surface area contributed by atoms with Gasteiger partial charge in [0.05, 0.1) is 29.2 Å². The number of amides is 3. The minimum atomic E-state index is -3.75. The van der Waals surface area contributed by atoms with Gasteiger partial charge in [0, 0.05) is 18.0 Å². The van der Waals surface area contributed by atoms with E-state index in [1.54, 1.807) is 60.7 Å². The number of sulfone groups is 1. The van der Waals surface area contributed by atoms with Crippen LogP contribution in [0.1, 0.15) is 53.0 Å². The van der Waals surface area contributed by atoms with Crippen LogP contribution in [0.4, 0.5) is 0 Å². The van der Waals surface area contributed by atoms with Gasteiger partial charge >= 0.3 is 0 Å². The van der Waals surface area contributed by atoms with E-state index in [1.165, 1.54) is 31.5 Å². The lowest BCUT2D eigenvalue weighted by molar-refractivity contribution is -0.125. The molecule has 0 saturated carbocycles. The van der Waals surface area contributed by atoms with Crippen LogP contribution in [0, 0.1) is 0 Å². The van der Waals surface area contributed by atoms with Crippen molar-refractivity contribution in [2.45, 2.75) is 63.4 Å². The Kier molecular flexibility index (Phi) is 13.0. The highest BCUT2D eigenvalue weighted by atomic mass is 32.2. The van der Waals surface area contributed by atoms with Crippen molar-refractivity contribution in [1.29, 1.82) is 0 Å². The summed E-state index contributed by atoms with van der Waals surface area (Å²) in [5.74, 6) is -2.82. The van der Waals surface area contributed by atoms with Gasteiger partial charge in [0.25, 0.3) is 11.8 Å². The van der Waals surface area contributed by atoms with Gasteiger partial charge in [-0.15, -0.1) is 0 Å². The summed E-state index contributed by atoms with van der Waals surface area (Å²) in [5, 5.41) is 30.2. The molecule has 0 bridgehead atoms. The van der Waals surface area contributed by atoms with Crippen LogP contribution in [-0.2, 0) is 21.1 Å². The van der Waals surface area contributed by atoms with Gasteiger partial charge in [-0.1, -0.05) is 61.9 Å². The van der Waals surface area contributed by atoms with Crippen LogP contribution in [0.15, 0.2) is 85.2 Å². The van der Waals surface area contributed by atoms with E-state index in [0.29, 0.717) is 18.4 Å². The van der Waals surface area contributed by atoms with Crippen LogP contribution in [0.25, 0.3) is 0 Å². The molecule has 1 aromatic heterocycles. The van der Waals surface area contributed by atoms with Crippen LogP contribution in [0.3, 0.4) is 0 Å². The Balaban J connectivity index is 1.84. The molecule has 0 radical (unpaired) electrons. The number of nitrogens with one attached hydrogen (secondary N) is 3. The first-order chi connectivity index (χ1) is 21.0. The fourth-order valence-electron chi connectivity index (χ4n) is 4.53. The second kappa shape index (κ2) is 16.6. The van der Waals surface area contributed by atoms with Crippen molar-refractivity contribution >= 4 is 27.6 Å². The molecule has 0 unspecified atom stereocenters. The van der Waals surface area contributed by atoms with Crippen molar-refractivity contribution in [2.75, 3.05) is 11.5 Å². The Bertz CT molecular complexity index is 1460. The standard InChI is InChI=1S/C32H40N4O7S/c1-3-4-18-44(42,43)21-27(36-31(40)25-16-11-17-33-20-25)32(41)35-26(19-23-12-7-5-8-13-23)29(38)28(37)22(2)34-30(39)24-14-9-6-10-15-24/h5-17,20,22,26-29,37-38H,3-4,18-19,21H2,1-2H3,(H,34,39)(H,35,41)(H,36,40)/t22-,26+,27-,28-,29-/m1/s1. The molecule has 0 fully saturated rings. The van der Waals surface area contributed by atoms with Crippen molar-refractivity contribution in [1.82, 2.24) is 20.9 Å². The van der Waals surface area contributed by atoms with Crippen molar-refractivity contribution in [3.05, 3.63) is 102 Å². The number of carbonyl (C=O) groups excluding carboxylic acids is 3. The lowest BCUT2D eigenvalue weighted by atomic mass is 9.94. The van der Waals surface area contributed by atoms with Gasteiger partial charge < -0.3 is 26.2 Å². The zero-order valence-electron chi connectivity index (χ0n) is 24.8. The molecule has 0 aliphatic carbocycles. The SMILES string of the molecule is CCCCS(=O)(=O)C[C@@H](NC(=O)c1cccnc1)C(=O)N[C@@H](Cc1ccccc1)[C@@H](O)[C@H](O)[C@@H](C)NC(=O)c1ccccc1. The van der Waals surface area contributed by atoms with E-state index in [4.69, 9.17) is 0 Å². The van der Waals surface area contributed by atoms with E-state index in [0.717, 1.165) is 5.56 Å². The van der Waals surface area contributed by atoms with Crippen molar-refractivity contribution in [3.63, 3.8) is 0 Å². The van der Waals surface area contributed by atoms with Crippen molar-refractivity contribution < 1.29 is 33.0 Å². The number of hydrogen-bond donors (Lipinski definition) is 5. The maximum atomic E-state index is 13.7. The summed E-state index contributed by atoms with van der Waals surface area (Å²) in [5.41, 5.74) is 1.22. The number of unbranched alkanes of at least 4 members (excludes halogenated alkanes) is 1. The molecule has 0 saturated heterocycles. The molecular formula is C32H40N4O7S. The summed E-state index contributed by atoms with van der Waals surface area (Å²) < 4.78 is 25.8. The van der Waals surface area contributed by atoms with Gasteiger partial charge in [-0.25, -0.2) is 8.42 Å². The number of benzene rings is 2. The van der Waals surface area contributed by atoms with E-state index >= 15 is 0 Å². The van der Waals surface area contributed by atoms with Gasteiger partial charge in [-0.2, -0.15) is 0 Å². The third kappa shape index (κ3) is 10.5. The molecule has 3 rings (SSSR count). The Morgan fingerprint density at radius 3 is 2.05 bits per heavy atom. The second-order valence-electron chi connectivity index (χ2n) is 10.6. The molecule has 44 heavy (non-hydrogen) atoms. The summed E-state index contributed by atoms with van der Waals surface area (Å²) in [6, 6.07) is 16.7. The predicted molar refractivity (Wildman–Crippen MR) is 167 cm³/mol. The lowest BCUT2D eigenvalue weighted by Gasteiger charge is -2.32. The average molecular weight is 625 g/mol. The van der Waals surface area contributed by atoms with Gasteiger partial charge in [0.15, 0.2) is 9.84 Å². The molecule has 5 atom stereocenters. The zero-order valence-corrected chi connectivity index (χ0v) is 25.6. The summed E-state index contributed by atoms with van der Waals surface area (Å²) in [4.78, 5) is 43.1. The normalized spacial score (nSPS) is 14.8. The molecule has 236 valence electrons. The maximum absolute atomic E-state index is 13.7. The minimum Gasteiger partial charge on any atom is -0.388 e. The molecule has 12 heteroatoms. The van der Waals surface area contributed by atoms with E-state index < -0.39 is 63.6 Å². The smallest absolute Gasteiger partial charge is 0.253 e. The quantitative estimate of drug-likeness (QED) is 0.160. The number of hydrogen-bond acceptors (Lipinski definition) is 8. The van der Waals surface area contributed by atoms with Crippen LogP contribution >= 0.6 is 0 Å². The molecule has 0 aliphatic heterocycles. The van der Waals surface area contributed by atoms with Gasteiger partial charge in [-0.05, 0) is 49.6 Å². The van der Waals surface area contributed by atoms with Crippen molar-refractivity contribution in [3.8, 4) is 0 Å². The predicted octanol–water partition coefficient (Wildman–Crippen LogP) is 1.66. The Morgan fingerprint density at radius 2 is 1.43 bits per heavy atom. The van der Waals surface area contributed by atoms with E-state index in [1.807, 2.05) is 6.92 Å². The molecule has 5 N–H and O–H groups in total. The number of carbonyl (C=O) groups is 3. The molecule has 0 aliphatic rings. The Hall–Kier alpha value is -4.13. The number of rotatable bonds is 16. The monoisotopic (exact) mass is 624 g/mol. The summed E-state index contributed by atoms with van der Waals surface area (Å²) in [6.45, 7) is 3.36. The van der Waals surface area contributed by atoms with Crippen molar-refractivity contribution in [2.24, 2.45) is 0 Å². The van der Waals surface area contributed by atoms with Gasteiger partial charge in [0.1, 0.15) is 18.2 Å². The molecule has 11 nitrogen and oxygen atoms in total. The largest absolute Gasteiger partial charge is 0.388 e. The molecule has 1 heterocycles. The molecule has 3 amide bonds. The van der Waals surface area contributed by atoms with Gasteiger partial charge in [0.2, 0.25) is 5.91 Å². The first kappa shape index (κ1) is 34.4. The first-order valence-corrected chi connectivity index (χ1v) is 16.3. The fraction of sp³-hybridized carbons (Fsp3) is 0.375. The lowest BCUT2D eigenvalue weighted by Crippen LogP contribution is -2.59. The molecule has 2 aromatic carbocycles. The number of nitrogens with zero attached hydrogens (tertiary/aromatic N) is 1. The van der Waals surface area contributed by atoms with E-state index in [2.05, 4.69) is 20.9 Å². The third-order valence-corrected chi connectivity index (χ3v) is 8.82. The third-order valence-electron chi connectivity index (χ3n) is 7.07. The van der Waals surface area contributed by atoms with Crippen LogP contribution in [-0.4, -0.2) is 83.2 Å². The molecule has 3 aromatic rings. The number of aromatic nitrogens is 1. The number of pyridine rings is 1. The number of aliphatic hydroxyl groups excluding tert-OH is 2. The number of aliphatic hydroxyl groups is 2. The van der Waals surface area contributed by atoms with Crippen LogP contribution in [0.5, 0.6) is 0 Å². The average Bonchev–Trinajstić information content (AvgIpc) is 3.03. The van der Waals surface area contributed by atoms with Crippen LogP contribution in [0.2, 0.25) is 0 Å². The fourth-order valence-corrected chi connectivity index (χ4v) is 6.17. The summed E-state index contributed by atoms with van der Waals surface area (Å²) in [6.07, 6.45) is 0.738. The zero-order chi connectivity index (χ0) is 32.1. The van der Waals surface area contributed by atoms with Gasteiger partial charge in [-0.3, -0.25) is 19.4 Å². The highest BCUT2D eigenvalue weighted by Crippen LogP contribution is 2.13. The summed E-state index contributed by atoms with van der Waals surface area (Å²) in [7, 11) is -3.75. The van der Waals surface area contributed by atoms with E-state index in [-0.39, 0.29) is 17.7 Å². The Labute approximate surface area is 258 Å². The molecule has 0 spiro atoms. The second-order valence-corrected chi connectivity index (χ2v) is 12.9.